The van der Waals surface area contributed by atoms with Crippen LogP contribution in [-0.2, 0) is 9.53 Å². The molecular formula is C12H23N3O2. The first-order valence-electron chi connectivity index (χ1n) is 6.55. The Bertz CT molecular complexity index is 258. The largest absolute Gasteiger partial charge is 0.376 e. The quantitative estimate of drug-likeness (QED) is 0.630. The molecule has 98 valence electrons. The highest BCUT2D eigenvalue weighted by Gasteiger charge is 2.28. The maximum Gasteiger partial charge on any atom is 0.238 e. The number of carbonyl (C=O) groups is 1. The summed E-state index contributed by atoms with van der Waals surface area (Å²) in [6.45, 7) is 6.49. The van der Waals surface area contributed by atoms with Crippen molar-refractivity contribution in [2.45, 2.75) is 50.9 Å². The van der Waals surface area contributed by atoms with Crippen molar-refractivity contribution < 1.29 is 9.53 Å². The summed E-state index contributed by atoms with van der Waals surface area (Å²) in [5.74, 6) is 0.0763. The Morgan fingerprint density at radius 1 is 1.41 bits per heavy atom. The second-order valence-corrected chi connectivity index (χ2v) is 5.12. The zero-order valence-electron chi connectivity index (χ0n) is 10.7. The van der Waals surface area contributed by atoms with Crippen molar-refractivity contribution in [2.24, 2.45) is 0 Å². The minimum atomic E-state index is -0.116. The van der Waals surface area contributed by atoms with Crippen molar-refractivity contribution in [3.63, 3.8) is 0 Å². The zero-order valence-corrected chi connectivity index (χ0v) is 10.7. The van der Waals surface area contributed by atoms with E-state index in [1.54, 1.807) is 0 Å². The summed E-state index contributed by atoms with van der Waals surface area (Å²) in [6, 6.07) is 0.427. The lowest BCUT2D eigenvalue weighted by Crippen LogP contribution is -2.60. The number of piperazine rings is 1. The minimum absolute atomic E-state index is 0.0763. The Labute approximate surface area is 103 Å². The van der Waals surface area contributed by atoms with Gasteiger partial charge in [-0.25, -0.2) is 0 Å². The van der Waals surface area contributed by atoms with Gasteiger partial charge in [0, 0.05) is 25.7 Å². The van der Waals surface area contributed by atoms with Gasteiger partial charge >= 0.3 is 0 Å². The van der Waals surface area contributed by atoms with Crippen LogP contribution in [0.4, 0.5) is 0 Å². The van der Waals surface area contributed by atoms with Crippen LogP contribution in [0, 0.1) is 0 Å². The molecule has 2 saturated heterocycles. The lowest BCUT2D eigenvalue weighted by molar-refractivity contribution is -0.124. The zero-order chi connectivity index (χ0) is 12.3. The third kappa shape index (κ3) is 3.40. The van der Waals surface area contributed by atoms with E-state index in [1.807, 2.05) is 6.92 Å². The molecule has 5 nitrogen and oxygen atoms in total. The molecule has 0 radical (unpaired) electrons. The first-order chi connectivity index (χ1) is 8.16. The highest BCUT2D eigenvalue weighted by molar-refractivity contribution is 5.82. The van der Waals surface area contributed by atoms with Crippen LogP contribution < -0.4 is 16.0 Å². The van der Waals surface area contributed by atoms with E-state index in [1.165, 1.54) is 0 Å². The Morgan fingerprint density at radius 3 is 2.82 bits per heavy atom. The highest BCUT2D eigenvalue weighted by atomic mass is 16.5. The molecule has 17 heavy (non-hydrogen) atoms. The van der Waals surface area contributed by atoms with Crippen LogP contribution in [0.2, 0.25) is 0 Å². The van der Waals surface area contributed by atoms with Gasteiger partial charge in [-0.15, -0.1) is 0 Å². The van der Waals surface area contributed by atoms with Gasteiger partial charge in [0.25, 0.3) is 0 Å². The lowest BCUT2D eigenvalue weighted by atomic mass is 10.1. The van der Waals surface area contributed by atoms with Gasteiger partial charge in [-0.1, -0.05) is 0 Å². The van der Waals surface area contributed by atoms with E-state index in [4.69, 9.17) is 4.74 Å². The van der Waals surface area contributed by atoms with E-state index >= 15 is 0 Å². The van der Waals surface area contributed by atoms with E-state index in [0.717, 1.165) is 26.0 Å². The molecule has 0 aromatic heterocycles. The van der Waals surface area contributed by atoms with Crippen LogP contribution in [0.1, 0.15) is 26.7 Å². The van der Waals surface area contributed by atoms with Crippen molar-refractivity contribution >= 4 is 5.91 Å². The van der Waals surface area contributed by atoms with Crippen molar-refractivity contribution in [2.75, 3.05) is 19.7 Å². The van der Waals surface area contributed by atoms with E-state index in [0.29, 0.717) is 12.6 Å². The van der Waals surface area contributed by atoms with Crippen LogP contribution in [0.15, 0.2) is 0 Å². The summed E-state index contributed by atoms with van der Waals surface area (Å²) in [5.41, 5.74) is 0. The summed E-state index contributed by atoms with van der Waals surface area (Å²) in [7, 11) is 0. The monoisotopic (exact) mass is 241 g/mol. The molecule has 0 aliphatic carbocycles. The first kappa shape index (κ1) is 12.8. The molecule has 3 N–H and O–H groups in total. The number of nitrogens with one attached hydrogen (secondary N) is 3. The molecule has 0 saturated carbocycles. The molecule has 0 aromatic rings. The van der Waals surface area contributed by atoms with Crippen LogP contribution in [0.5, 0.6) is 0 Å². The first-order valence-corrected chi connectivity index (χ1v) is 6.55. The SMILES string of the molecule is CC1CNC(C(=O)NC(C)C2CCCO2)CN1. The normalized spacial score (nSPS) is 35.5. The van der Waals surface area contributed by atoms with E-state index in [-0.39, 0.29) is 24.1 Å². The average molecular weight is 241 g/mol. The third-order valence-corrected chi connectivity index (χ3v) is 3.55. The van der Waals surface area contributed by atoms with E-state index in [2.05, 4.69) is 22.9 Å². The summed E-state index contributed by atoms with van der Waals surface area (Å²) >= 11 is 0. The smallest absolute Gasteiger partial charge is 0.238 e. The Hall–Kier alpha value is -0.650. The van der Waals surface area contributed by atoms with Crippen LogP contribution >= 0.6 is 0 Å². The number of rotatable bonds is 3. The van der Waals surface area contributed by atoms with Gasteiger partial charge in [-0.2, -0.15) is 0 Å². The third-order valence-electron chi connectivity index (χ3n) is 3.55. The van der Waals surface area contributed by atoms with Crippen LogP contribution in [0.25, 0.3) is 0 Å². The summed E-state index contributed by atoms with van der Waals surface area (Å²) in [5, 5.41) is 9.59. The average Bonchev–Trinajstić information content (AvgIpc) is 2.83. The molecule has 4 unspecified atom stereocenters. The topological polar surface area (TPSA) is 62.4 Å². The molecule has 0 bridgehead atoms. The predicted molar refractivity (Wildman–Crippen MR) is 65.8 cm³/mol. The summed E-state index contributed by atoms with van der Waals surface area (Å²) < 4.78 is 5.57. The van der Waals surface area contributed by atoms with Crippen molar-refractivity contribution in [1.82, 2.24) is 16.0 Å². The number of amides is 1. The van der Waals surface area contributed by atoms with Crippen LogP contribution in [-0.4, -0.2) is 49.8 Å². The van der Waals surface area contributed by atoms with Gasteiger partial charge in [-0.3, -0.25) is 4.79 Å². The second kappa shape index (κ2) is 5.80. The van der Waals surface area contributed by atoms with Crippen LogP contribution in [0.3, 0.4) is 0 Å². The standard InChI is InChI=1S/C12H23N3O2/c1-8-6-14-10(7-13-8)12(16)15-9(2)11-4-3-5-17-11/h8-11,13-14H,3-7H2,1-2H3,(H,15,16). The molecule has 2 fully saturated rings. The molecule has 2 rings (SSSR count). The number of hydrogen-bond donors (Lipinski definition) is 3. The molecule has 5 heteroatoms. The molecule has 1 amide bonds. The van der Waals surface area contributed by atoms with Crippen molar-refractivity contribution in [3.05, 3.63) is 0 Å². The van der Waals surface area contributed by atoms with Gasteiger partial charge in [0.1, 0.15) is 0 Å². The van der Waals surface area contributed by atoms with Gasteiger partial charge in [0.15, 0.2) is 0 Å². The molecule has 0 aromatic carbocycles. The predicted octanol–water partition coefficient (Wildman–Crippen LogP) is -0.380. The van der Waals surface area contributed by atoms with Gasteiger partial charge in [0.05, 0.1) is 18.2 Å². The number of hydrogen-bond acceptors (Lipinski definition) is 4. The molecule has 4 atom stereocenters. The highest BCUT2D eigenvalue weighted by Crippen LogP contribution is 2.15. The molecule has 2 heterocycles. The molecular weight excluding hydrogens is 218 g/mol. The van der Waals surface area contributed by atoms with Gasteiger partial charge in [0.2, 0.25) is 5.91 Å². The van der Waals surface area contributed by atoms with E-state index < -0.39 is 0 Å². The van der Waals surface area contributed by atoms with Crippen molar-refractivity contribution in [3.8, 4) is 0 Å². The number of carbonyl (C=O) groups excluding carboxylic acids is 1. The molecule has 0 spiro atoms. The summed E-state index contributed by atoms with van der Waals surface area (Å²) in [6.07, 6.45) is 2.34. The molecule has 2 aliphatic heterocycles. The maximum absolute atomic E-state index is 12.0. The maximum atomic E-state index is 12.0. The Morgan fingerprint density at radius 2 is 2.24 bits per heavy atom. The fourth-order valence-electron chi connectivity index (χ4n) is 2.38. The Balaban J connectivity index is 1.76. The second-order valence-electron chi connectivity index (χ2n) is 5.12. The van der Waals surface area contributed by atoms with Crippen molar-refractivity contribution in [1.29, 1.82) is 0 Å². The minimum Gasteiger partial charge on any atom is -0.376 e. The molecule has 2 aliphatic rings. The fraction of sp³-hybridized carbons (Fsp3) is 0.917. The fourth-order valence-corrected chi connectivity index (χ4v) is 2.38. The lowest BCUT2D eigenvalue weighted by Gasteiger charge is -2.30. The Kier molecular flexibility index (Phi) is 4.36. The number of ether oxygens (including phenoxy) is 1. The summed E-state index contributed by atoms with van der Waals surface area (Å²) in [4.78, 5) is 12.0. The van der Waals surface area contributed by atoms with Gasteiger partial charge < -0.3 is 20.7 Å². The van der Waals surface area contributed by atoms with E-state index in [9.17, 15) is 4.79 Å². The van der Waals surface area contributed by atoms with Gasteiger partial charge in [-0.05, 0) is 26.7 Å².